The number of aryl methyl sites for hydroxylation is 3. The van der Waals surface area contributed by atoms with Crippen LogP contribution in [0.15, 0.2) is 60.7 Å². The molecule has 4 rings (SSSR count). The molecule has 3 aromatic carbocycles. The number of fused-ring (bicyclic) bond motifs is 1. The summed E-state index contributed by atoms with van der Waals surface area (Å²) in [6.45, 7) is 3.25. The van der Waals surface area contributed by atoms with Crippen molar-refractivity contribution >= 4 is 35.0 Å². The number of benzene rings is 3. The normalized spacial score (nSPS) is 11.6. The van der Waals surface area contributed by atoms with Crippen LogP contribution in [0.3, 0.4) is 0 Å². The number of carboxylic acids is 1. The number of nitrogens with zero attached hydrogens (tertiary/aromatic N) is 2. The van der Waals surface area contributed by atoms with Crippen LogP contribution in [0.5, 0.6) is 11.5 Å². The minimum Gasteiger partial charge on any atom is -0.480 e. The van der Waals surface area contributed by atoms with E-state index in [4.69, 9.17) is 15.2 Å². The smallest absolute Gasteiger partial charge is 0.408 e. The van der Waals surface area contributed by atoms with Crippen molar-refractivity contribution in [2.24, 2.45) is 7.05 Å². The number of carbonyl (C=O) groups is 3. The lowest BCUT2D eigenvalue weighted by atomic mass is 10.0. The van der Waals surface area contributed by atoms with Gasteiger partial charge in [0, 0.05) is 19.2 Å². The molecular formula is C28H29N5O6. The minimum absolute atomic E-state index is 0.0133. The quantitative estimate of drug-likeness (QED) is 0.255. The number of aromatic nitrogens is 2. The molecule has 4 aromatic rings. The van der Waals surface area contributed by atoms with Crippen molar-refractivity contribution < 1.29 is 29.0 Å². The third kappa shape index (κ3) is 6.27. The molecule has 0 radical (unpaired) electrons. The van der Waals surface area contributed by atoms with Crippen LogP contribution in [0.4, 0.5) is 10.7 Å². The van der Waals surface area contributed by atoms with E-state index in [-0.39, 0.29) is 13.2 Å². The molecule has 1 atom stereocenters. The number of alkyl carbamates (subject to hydrolysis) is 1. The van der Waals surface area contributed by atoms with Crippen LogP contribution in [0.1, 0.15) is 27.0 Å². The molecule has 0 aliphatic heterocycles. The Bertz CT molecular complexity index is 1510. The van der Waals surface area contributed by atoms with Crippen LogP contribution in [0, 0.1) is 13.8 Å². The zero-order valence-corrected chi connectivity index (χ0v) is 21.7. The average molecular weight is 532 g/mol. The standard InChI is InChI=1S/C28H29N5O6/c1-16-12-19(13-17(2)24(16)39-22-11-7-10-21-23(22)32-27(29)33(21)3)25(34)30-14-20(26(35)36)31-28(37)38-15-18-8-5-4-6-9-18/h4-13,20H,14-15H2,1-3H3,(H2,29,32)(H,30,34)(H,31,37)(H,35,36)/t20-/m0/s1. The summed E-state index contributed by atoms with van der Waals surface area (Å²) in [5, 5.41) is 14.3. The summed E-state index contributed by atoms with van der Waals surface area (Å²) in [6, 6.07) is 16.4. The third-order valence-electron chi connectivity index (χ3n) is 6.11. The largest absolute Gasteiger partial charge is 0.480 e. The number of aliphatic carboxylic acids is 1. The Morgan fingerprint density at radius 2 is 1.74 bits per heavy atom. The van der Waals surface area contributed by atoms with E-state index in [2.05, 4.69) is 15.6 Å². The van der Waals surface area contributed by atoms with E-state index >= 15 is 0 Å². The second-order valence-corrected chi connectivity index (χ2v) is 9.00. The lowest BCUT2D eigenvalue weighted by Gasteiger charge is -2.17. The molecule has 2 amide bonds. The van der Waals surface area contributed by atoms with Gasteiger partial charge in [0.15, 0.2) is 5.75 Å². The van der Waals surface area contributed by atoms with E-state index in [0.717, 1.165) is 11.1 Å². The second kappa shape index (κ2) is 11.5. The Morgan fingerprint density at radius 3 is 2.41 bits per heavy atom. The van der Waals surface area contributed by atoms with Gasteiger partial charge < -0.3 is 35.5 Å². The molecule has 11 heteroatoms. The molecule has 0 aliphatic rings. The average Bonchev–Trinajstić information content (AvgIpc) is 3.21. The predicted molar refractivity (Wildman–Crippen MR) is 145 cm³/mol. The van der Waals surface area contributed by atoms with E-state index in [9.17, 15) is 19.5 Å². The van der Waals surface area contributed by atoms with E-state index in [1.54, 1.807) is 60.9 Å². The maximum absolute atomic E-state index is 12.8. The van der Waals surface area contributed by atoms with Gasteiger partial charge in [0.25, 0.3) is 5.91 Å². The Kier molecular flexibility index (Phi) is 7.99. The van der Waals surface area contributed by atoms with Gasteiger partial charge in [0.05, 0.1) is 5.52 Å². The molecule has 5 N–H and O–H groups in total. The maximum atomic E-state index is 12.8. The zero-order valence-electron chi connectivity index (χ0n) is 21.7. The molecule has 0 spiro atoms. The molecule has 1 heterocycles. The number of hydrogen-bond acceptors (Lipinski definition) is 7. The van der Waals surface area contributed by atoms with E-state index < -0.39 is 24.0 Å². The van der Waals surface area contributed by atoms with Crippen molar-refractivity contribution in [1.29, 1.82) is 0 Å². The fraction of sp³-hybridized carbons (Fsp3) is 0.214. The first-order valence-corrected chi connectivity index (χ1v) is 12.1. The molecule has 11 nitrogen and oxygen atoms in total. The highest BCUT2D eigenvalue weighted by Crippen LogP contribution is 2.34. The number of hydrogen-bond donors (Lipinski definition) is 4. The van der Waals surface area contributed by atoms with Crippen LogP contribution in [0.2, 0.25) is 0 Å². The number of carbonyl (C=O) groups excluding carboxylic acids is 2. The zero-order chi connectivity index (χ0) is 28.1. The van der Waals surface area contributed by atoms with Crippen LogP contribution < -0.4 is 21.1 Å². The second-order valence-electron chi connectivity index (χ2n) is 9.00. The lowest BCUT2D eigenvalue weighted by molar-refractivity contribution is -0.139. The van der Waals surface area contributed by atoms with Crippen molar-refractivity contribution in [1.82, 2.24) is 20.2 Å². The van der Waals surface area contributed by atoms with Crippen molar-refractivity contribution in [3.8, 4) is 11.5 Å². The highest BCUT2D eigenvalue weighted by molar-refractivity contribution is 5.95. The molecule has 0 bridgehead atoms. The molecule has 0 saturated heterocycles. The van der Waals surface area contributed by atoms with Gasteiger partial charge in [0.2, 0.25) is 5.95 Å². The van der Waals surface area contributed by atoms with Crippen molar-refractivity contribution in [3.63, 3.8) is 0 Å². The molecule has 0 unspecified atom stereocenters. The predicted octanol–water partition coefficient (Wildman–Crippen LogP) is 3.67. The Balaban J connectivity index is 1.40. The molecule has 0 fully saturated rings. The van der Waals surface area contributed by atoms with Gasteiger partial charge in [-0.3, -0.25) is 4.79 Å². The van der Waals surface area contributed by atoms with Gasteiger partial charge >= 0.3 is 12.1 Å². The third-order valence-corrected chi connectivity index (χ3v) is 6.11. The number of para-hydroxylation sites is 1. The number of ether oxygens (including phenoxy) is 2. The minimum atomic E-state index is -1.38. The molecule has 0 aliphatic carbocycles. The summed E-state index contributed by atoms with van der Waals surface area (Å²) in [7, 11) is 1.82. The van der Waals surface area contributed by atoms with E-state index in [1.165, 1.54) is 0 Å². The number of amides is 2. The first-order valence-electron chi connectivity index (χ1n) is 12.1. The van der Waals surface area contributed by atoms with Crippen LogP contribution in [-0.4, -0.2) is 45.2 Å². The molecule has 39 heavy (non-hydrogen) atoms. The summed E-state index contributed by atoms with van der Waals surface area (Å²) in [5.41, 5.74) is 9.84. The van der Waals surface area contributed by atoms with Crippen molar-refractivity contribution in [2.75, 3.05) is 12.3 Å². The molecule has 0 saturated carbocycles. The number of imidazole rings is 1. The number of carboxylic acid groups (broad SMARTS) is 1. The molecule has 1 aromatic heterocycles. The number of anilines is 1. The van der Waals surface area contributed by atoms with Crippen LogP contribution in [0.25, 0.3) is 11.0 Å². The van der Waals surface area contributed by atoms with Gasteiger partial charge in [-0.25, -0.2) is 14.6 Å². The van der Waals surface area contributed by atoms with Crippen molar-refractivity contribution in [3.05, 3.63) is 82.9 Å². The number of nitrogen functional groups attached to an aromatic ring is 1. The van der Waals surface area contributed by atoms with Crippen molar-refractivity contribution in [2.45, 2.75) is 26.5 Å². The summed E-state index contributed by atoms with van der Waals surface area (Å²) in [5.74, 6) is -0.363. The van der Waals surface area contributed by atoms with E-state index in [0.29, 0.717) is 39.7 Å². The van der Waals surface area contributed by atoms with Gasteiger partial charge in [0.1, 0.15) is 23.9 Å². The highest BCUT2D eigenvalue weighted by atomic mass is 16.5. The van der Waals surface area contributed by atoms with Gasteiger partial charge in [-0.2, -0.15) is 0 Å². The van der Waals surface area contributed by atoms with Gasteiger partial charge in [-0.1, -0.05) is 36.4 Å². The number of nitrogens with one attached hydrogen (secondary N) is 2. The Labute approximate surface area is 224 Å². The Hall–Kier alpha value is -5.06. The number of rotatable bonds is 9. The summed E-state index contributed by atoms with van der Waals surface area (Å²) in [4.78, 5) is 41.0. The van der Waals surface area contributed by atoms with Crippen LogP contribution in [-0.2, 0) is 23.2 Å². The lowest BCUT2D eigenvalue weighted by Crippen LogP contribution is -2.48. The molecule has 202 valence electrons. The van der Waals surface area contributed by atoms with E-state index in [1.807, 2.05) is 25.2 Å². The molecular weight excluding hydrogens is 502 g/mol. The summed E-state index contributed by atoms with van der Waals surface area (Å²) < 4.78 is 13.0. The van der Waals surface area contributed by atoms with Gasteiger partial charge in [-0.15, -0.1) is 0 Å². The topological polar surface area (TPSA) is 158 Å². The fourth-order valence-corrected chi connectivity index (χ4v) is 4.05. The summed E-state index contributed by atoms with van der Waals surface area (Å²) >= 11 is 0. The fourth-order valence-electron chi connectivity index (χ4n) is 4.05. The Morgan fingerprint density at radius 1 is 1.05 bits per heavy atom. The van der Waals surface area contributed by atoms with Gasteiger partial charge in [-0.05, 0) is 54.8 Å². The van der Waals surface area contributed by atoms with Crippen LogP contribution >= 0.6 is 0 Å². The monoisotopic (exact) mass is 531 g/mol. The summed E-state index contributed by atoms with van der Waals surface area (Å²) in [6.07, 6.45) is -0.904. The maximum Gasteiger partial charge on any atom is 0.408 e. The highest BCUT2D eigenvalue weighted by Gasteiger charge is 2.22. The first-order chi connectivity index (χ1) is 18.6. The number of nitrogens with two attached hydrogens (primary N) is 1. The first kappa shape index (κ1) is 27.0. The SMILES string of the molecule is Cc1cc(C(=O)NC[C@H](NC(=O)OCc2ccccc2)C(=O)O)cc(C)c1Oc1cccc2c1nc(N)n2C.